The molecule has 5 rings (SSSR count). The van der Waals surface area contributed by atoms with Crippen molar-refractivity contribution in [3.05, 3.63) is 48.1 Å². The summed E-state index contributed by atoms with van der Waals surface area (Å²) < 4.78 is 6.13. The SMILES string of the molecule is C=CCN1CCC23c4c5ccc(O)c4OC2C(O)C=CC3C1C5.Cl. The number of hydrogen-bond donors (Lipinski definition) is 2. The average molecular weight is 348 g/mol. The molecule has 1 aromatic carbocycles. The molecule has 0 amide bonds. The van der Waals surface area contributed by atoms with Gasteiger partial charge in [0.15, 0.2) is 11.5 Å². The van der Waals surface area contributed by atoms with Crippen LogP contribution in [0.4, 0.5) is 0 Å². The molecule has 5 heteroatoms. The van der Waals surface area contributed by atoms with Gasteiger partial charge in [0.1, 0.15) is 12.2 Å². The Labute approximate surface area is 147 Å². The highest BCUT2D eigenvalue weighted by Gasteiger charge is 2.64. The van der Waals surface area contributed by atoms with E-state index in [4.69, 9.17) is 4.74 Å². The summed E-state index contributed by atoms with van der Waals surface area (Å²) in [5.74, 6) is 1.13. The van der Waals surface area contributed by atoms with Crippen molar-refractivity contribution in [2.45, 2.75) is 36.5 Å². The van der Waals surface area contributed by atoms with Crippen LogP contribution in [-0.4, -0.2) is 46.5 Å². The van der Waals surface area contributed by atoms with Crippen molar-refractivity contribution < 1.29 is 14.9 Å². The minimum absolute atomic E-state index is 0. The smallest absolute Gasteiger partial charge is 0.165 e. The zero-order chi connectivity index (χ0) is 15.8. The number of aliphatic hydroxyl groups is 1. The number of rotatable bonds is 2. The molecule has 1 spiro atoms. The maximum Gasteiger partial charge on any atom is 0.165 e. The summed E-state index contributed by atoms with van der Waals surface area (Å²) >= 11 is 0. The Balaban J connectivity index is 0.00000146. The maximum atomic E-state index is 10.5. The van der Waals surface area contributed by atoms with Gasteiger partial charge in [-0.2, -0.15) is 0 Å². The zero-order valence-corrected chi connectivity index (χ0v) is 14.2. The number of ether oxygens (including phenoxy) is 1. The summed E-state index contributed by atoms with van der Waals surface area (Å²) in [5.41, 5.74) is 2.22. The van der Waals surface area contributed by atoms with Crippen molar-refractivity contribution >= 4 is 12.4 Å². The summed E-state index contributed by atoms with van der Waals surface area (Å²) in [7, 11) is 0. The van der Waals surface area contributed by atoms with Crippen molar-refractivity contribution in [3.63, 3.8) is 0 Å². The van der Waals surface area contributed by atoms with Crippen LogP contribution in [0.2, 0.25) is 0 Å². The van der Waals surface area contributed by atoms with E-state index in [2.05, 4.69) is 17.6 Å². The Morgan fingerprint density at radius 3 is 3.00 bits per heavy atom. The van der Waals surface area contributed by atoms with Crippen LogP contribution in [0.15, 0.2) is 36.9 Å². The van der Waals surface area contributed by atoms with Crippen LogP contribution in [0.3, 0.4) is 0 Å². The molecule has 2 aliphatic carbocycles. The van der Waals surface area contributed by atoms with Gasteiger partial charge >= 0.3 is 0 Å². The number of hydrogen-bond acceptors (Lipinski definition) is 4. The summed E-state index contributed by atoms with van der Waals surface area (Å²) in [6.45, 7) is 5.76. The van der Waals surface area contributed by atoms with Gasteiger partial charge in [0, 0.05) is 29.5 Å². The zero-order valence-electron chi connectivity index (χ0n) is 13.4. The van der Waals surface area contributed by atoms with E-state index >= 15 is 0 Å². The average Bonchev–Trinajstić information content (AvgIpc) is 2.89. The van der Waals surface area contributed by atoms with E-state index in [1.54, 1.807) is 6.07 Å². The molecule has 1 aromatic rings. The highest BCUT2D eigenvalue weighted by molar-refractivity contribution is 5.85. The third kappa shape index (κ3) is 1.71. The molecule has 1 fully saturated rings. The van der Waals surface area contributed by atoms with Gasteiger partial charge in [0.05, 0.1) is 0 Å². The van der Waals surface area contributed by atoms with E-state index in [0.29, 0.717) is 17.7 Å². The lowest BCUT2D eigenvalue weighted by Crippen LogP contribution is -2.65. The molecule has 128 valence electrons. The minimum atomic E-state index is -0.615. The quantitative estimate of drug-likeness (QED) is 0.805. The lowest BCUT2D eigenvalue weighted by Gasteiger charge is -2.57. The van der Waals surface area contributed by atoms with Crippen LogP contribution in [-0.2, 0) is 11.8 Å². The lowest BCUT2D eigenvalue weighted by molar-refractivity contribution is -0.0488. The fourth-order valence-electron chi connectivity index (χ4n) is 5.52. The predicted molar refractivity (Wildman–Crippen MR) is 94.0 cm³/mol. The first-order valence-corrected chi connectivity index (χ1v) is 8.40. The highest BCUT2D eigenvalue weighted by Crippen LogP contribution is 2.62. The largest absolute Gasteiger partial charge is 0.504 e. The molecule has 2 N–H and O–H groups in total. The molecule has 4 nitrogen and oxygen atoms in total. The molecule has 24 heavy (non-hydrogen) atoms. The van der Waals surface area contributed by atoms with Crippen molar-refractivity contribution in [1.29, 1.82) is 0 Å². The highest BCUT2D eigenvalue weighted by atomic mass is 35.5. The number of phenols is 1. The van der Waals surface area contributed by atoms with Gasteiger partial charge in [0.25, 0.3) is 0 Å². The van der Waals surface area contributed by atoms with Crippen molar-refractivity contribution in [2.24, 2.45) is 5.92 Å². The number of halogens is 1. The number of nitrogens with zero attached hydrogens (tertiary/aromatic N) is 1. The number of piperidine rings is 1. The van der Waals surface area contributed by atoms with Crippen molar-refractivity contribution in [3.8, 4) is 11.5 Å². The summed E-state index contributed by atoms with van der Waals surface area (Å²) in [6, 6.07) is 4.17. The third-order valence-corrected chi connectivity index (χ3v) is 6.35. The molecule has 5 atom stereocenters. The summed E-state index contributed by atoms with van der Waals surface area (Å²) in [6.07, 6.45) is 7.04. The van der Waals surface area contributed by atoms with E-state index in [1.807, 2.05) is 18.2 Å². The lowest BCUT2D eigenvalue weighted by atomic mass is 9.53. The molecule has 0 saturated carbocycles. The second-order valence-corrected chi connectivity index (χ2v) is 7.23. The Morgan fingerprint density at radius 1 is 1.38 bits per heavy atom. The Hall–Kier alpha value is -1.49. The second kappa shape index (κ2) is 5.25. The number of aromatic hydroxyl groups is 1. The molecular formula is C19H22ClNO3. The first kappa shape index (κ1) is 16.0. The Bertz CT molecular complexity index is 734. The third-order valence-electron chi connectivity index (χ3n) is 6.35. The van der Waals surface area contributed by atoms with Gasteiger partial charge in [-0.15, -0.1) is 19.0 Å². The second-order valence-electron chi connectivity index (χ2n) is 7.23. The molecule has 0 radical (unpaired) electrons. The fourth-order valence-corrected chi connectivity index (χ4v) is 5.52. The van der Waals surface area contributed by atoms with Gasteiger partial charge in [-0.3, -0.25) is 4.90 Å². The normalized spacial score (nSPS) is 38.0. The molecule has 5 unspecified atom stereocenters. The van der Waals surface area contributed by atoms with Gasteiger partial charge in [-0.05, 0) is 31.0 Å². The molecular weight excluding hydrogens is 326 g/mol. The van der Waals surface area contributed by atoms with Crippen LogP contribution in [0.25, 0.3) is 0 Å². The maximum absolute atomic E-state index is 10.5. The van der Waals surface area contributed by atoms with Crippen LogP contribution < -0.4 is 4.74 Å². The molecule has 4 aliphatic rings. The first-order chi connectivity index (χ1) is 11.2. The first-order valence-electron chi connectivity index (χ1n) is 8.40. The van der Waals surface area contributed by atoms with E-state index < -0.39 is 6.10 Å². The number of likely N-dealkylation sites (tertiary alicyclic amines) is 1. The summed E-state index contributed by atoms with van der Waals surface area (Å²) in [5, 5.41) is 20.8. The molecule has 0 aromatic heterocycles. The van der Waals surface area contributed by atoms with E-state index in [-0.39, 0.29) is 29.7 Å². The van der Waals surface area contributed by atoms with Crippen molar-refractivity contribution in [2.75, 3.05) is 13.1 Å². The fraction of sp³-hybridized carbons (Fsp3) is 0.474. The van der Waals surface area contributed by atoms with E-state index in [1.165, 1.54) is 5.56 Å². The van der Waals surface area contributed by atoms with Crippen LogP contribution in [0.1, 0.15) is 17.5 Å². The van der Waals surface area contributed by atoms with Gasteiger partial charge in [0.2, 0.25) is 0 Å². The van der Waals surface area contributed by atoms with Gasteiger partial charge < -0.3 is 14.9 Å². The van der Waals surface area contributed by atoms with Gasteiger partial charge in [-0.1, -0.05) is 24.3 Å². The van der Waals surface area contributed by atoms with Crippen LogP contribution in [0, 0.1) is 5.92 Å². The number of phenolic OH excluding ortho intramolecular Hbond substituents is 1. The standard InChI is InChI=1S/C19H21NO3.ClH/c1-2-8-20-9-7-19-12-4-6-15(22)18(19)23-17-14(21)5-3-11(16(17)19)10-13(12)20;/h2-6,12-13,15,18,21-22H,1,7-10H2;1H. The van der Waals surface area contributed by atoms with Gasteiger partial charge in [-0.25, -0.2) is 0 Å². The van der Waals surface area contributed by atoms with Crippen LogP contribution in [0.5, 0.6) is 11.5 Å². The van der Waals surface area contributed by atoms with E-state index in [9.17, 15) is 10.2 Å². The summed E-state index contributed by atoms with van der Waals surface area (Å²) in [4.78, 5) is 2.50. The molecule has 2 aliphatic heterocycles. The monoisotopic (exact) mass is 347 g/mol. The topological polar surface area (TPSA) is 52.9 Å². The Kier molecular flexibility index (Phi) is 3.50. The molecule has 2 heterocycles. The van der Waals surface area contributed by atoms with E-state index in [0.717, 1.165) is 31.5 Å². The number of benzene rings is 1. The number of aliphatic hydroxyl groups excluding tert-OH is 1. The minimum Gasteiger partial charge on any atom is -0.504 e. The van der Waals surface area contributed by atoms with Crippen molar-refractivity contribution in [1.82, 2.24) is 4.90 Å². The predicted octanol–water partition coefficient (Wildman–Crippen LogP) is 2.18. The molecule has 1 saturated heterocycles. The molecule has 2 bridgehead atoms. The van der Waals surface area contributed by atoms with Crippen LogP contribution >= 0.6 is 12.4 Å². The Morgan fingerprint density at radius 2 is 2.21 bits per heavy atom.